The molecule has 276 valence electrons. The van der Waals surface area contributed by atoms with Crippen molar-refractivity contribution in [3.8, 4) is 22.3 Å². The van der Waals surface area contributed by atoms with E-state index in [0.717, 1.165) is 120 Å². The first-order valence-electron chi connectivity index (χ1n) is 18.7. The van der Waals surface area contributed by atoms with E-state index in [1.807, 2.05) is 64.2 Å². The number of rotatable bonds is 8. The van der Waals surface area contributed by atoms with E-state index in [-0.39, 0.29) is 0 Å². The van der Waals surface area contributed by atoms with Crippen molar-refractivity contribution in [1.82, 2.24) is 40.2 Å². The third-order valence-corrected chi connectivity index (χ3v) is 10.9. The number of benzene rings is 2. The van der Waals surface area contributed by atoms with Gasteiger partial charge in [-0.25, -0.2) is 9.97 Å². The molecule has 0 radical (unpaired) electrons. The van der Waals surface area contributed by atoms with Crippen molar-refractivity contribution >= 4 is 27.6 Å². The fourth-order valence-corrected chi connectivity index (χ4v) is 7.56. The van der Waals surface area contributed by atoms with Gasteiger partial charge in [0.1, 0.15) is 28.8 Å². The van der Waals surface area contributed by atoms with Crippen LogP contribution in [0.3, 0.4) is 0 Å². The number of nitrogens with one attached hydrogen (secondary N) is 2. The van der Waals surface area contributed by atoms with Gasteiger partial charge >= 0.3 is 0 Å². The lowest BCUT2D eigenvalue weighted by molar-refractivity contribution is 0.103. The van der Waals surface area contributed by atoms with Crippen LogP contribution in [0.2, 0.25) is 0 Å². The van der Waals surface area contributed by atoms with E-state index in [4.69, 9.17) is 19.0 Å². The summed E-state index contributed by atoms with van der Waals surface area (Å²) in [5.41, 5.74) is 12.5. The highest BCUT2D eigenvalue weighted by molar-refractivity contribution is 5.97. The number of nitrogens with zero attached hydrogens (tertiary/aromatic N) is 6. The van der Waals surface area contributed by atoms with E-state index in [1.165, 1.54) is 12.8 Å². The van der Waals surface area contributed by atoms with Crippen molar-refractivity contribution in [2.75, 3.05) is 0 Å². The number of aromatic amines is 2. The molecule has 2 aromatic carbocycles. The summed E-state index contributed by atoms with van der Waals surface area (Å²) in [5.74, 6) is 4.68. The predicted octanol–water partition coefficient (Wildman–Crippen LogP) is 9.53. The van der Waals surface area contributed by atoms with Gasteiger partial charge in [-0.1, -0.05) is 29.0 Å². The number of aryl methyl sites for hydroxylation is 4. The zero-order valence-corrected chi connectivity index (χ0v) is 31.6. The molecule has 1 atom stereocenters. The molecule has 2 fully saturated rings. The lowest BCUT2D eigenvalue weighted by Gasteiger charge is -2.25. The quantitative estimate of drug-likeness (QED) is 0.139. The van der Waals surface area contributed by atoms with Crippen LogP contribution < -0.4 is 0 Å². The molecule has 3 N–H and O–H groups in total. The number of aromatic nitrogens is 8. The average Bonchev–Trinajstić information content (AvgIpc) is 4.08. The van der Waals surface area contributed by atoms with Gasteiger partial charge in [0.25, 0.3) is 0 Å². The molecule has 8 aromatic rings. The van der Waals surface area contributed by atoms with E-state index in [0.29, 0.717) is 11.8 Å². The molecule has 6 aromatic heterocycles. The Bertz CT molecular complexity index is 2670. The fraction of sp³-hybridized carbons (Fsp3) is 0.273. The number of imidazole rings is 2. The van der Waals surface area contributed by atoms with Crippen LogP contribution in [0.1, 0.15) is 101 Å². The Morgan fingerprint density at radius 2 is 1.29 bits per heavy atom. The molecule has 0 spiro atoms. The standard InChI is InChI=1S/C22H22N4O2.C22H20N4O/c1-12-19(13(2)28-26-12)15-9-17(22(3,27)16-5-4-8-23-11-16)20-18(10-15)24-21(25-20)14-6-7-14;1-12(16-5-4-8-23-11-16)18-9-17(20-13(2)26-27-14(20)3)10-19-21(18)25-22(24-19)15-6-7-15/h4-5,8-11,14,27H,6-7H2,1-3H3,(H,24,25);4-5,8-11,15H,1,6-7H2,2-3H3,(H,24,25). The van der Waals surface area contributed by atoms with Crippen LogP contribution in [-0.4, -0.2) is 45.3 Å². The summed E-state index contributed by atoms with van der Waals surface area (Å²) < 4.78 is 10.8. The second-order valence-electron chi connectivity index (χ2n) is 15.1. The normalized spacial score (nSPS) is 15.2. The van der Waals surface area contributed by atoms with E-state index >= 15 is 0 Å². The molecular weight excluding hydrogens is 689 g/mol. The van der Waals surface area contributed by atoms with Crippen molar-refractivity contribution in [2.24, 2.45) is 0 Å². The molecule has 0 amide bonds. The molecule has 1 unspecified atom stereocenters. The maximum Gasteiger partial charge on any atom is 0.141 e. The Morgan fingerprint density at radius 1 is 0.745 bits per heavy atom. The summed E-state index contributed by atoms with van der Waals surface area (Å²) in [6, 6.07) is 16.0. The first kappa shape index (κ1) is 34.6. The van der Waals surface area contributed by atoms with Gasteiger partial charge in [0.2, 0.25) is 0 Å². The van der Waals surface area contributed by atoms with Crippen molar-refractivity contribution in [3.05, 3.63) is 137 Å². The minimum Gasteiger partial charge on any atom is -0.381 e. The van der Waals surface area contributed by atoms with Gasteiger partial charge < -0.3 is 24.1 Å². The van der Waals surface area contributed by atoms with E-state index in [2.05, 4.69) is 55.0 Å². The molecule has 0 aliphatic heterocycles. The molecule has 0 bridgehead atoms. The molecule has 2 saturated carbocycles. The van der Waals surface area contributed by atoms with Gasteiger partial charge in [-0.2, -0.15) is 0 Å². The maximum absolute atomic E-state index is 11.5. The van der Waals surface area contributed by atoms with Crippen LogP contribution in [0.5, 0.6) is 0 Å². The van der Waals surface area contributed by atoms with Crippen LogP contribution in [-0.2, 0) is 5.60 Å². The largest absolute Gasteiger partial charge is 0.381 e. The number of H-pyrrole nitrogens is 2. The van der Waals surface area contributed by atoms with E-state index in [1.54, 1.807) is 25.5 Å². The molecule has 2 aliphatic rings. The molecule has 11 nitrogen and oxygen atoms in total. The third kappa shape index (κ3) is 6.34. The van der Waals surface area contributed by atoms with Gasteiger partial charge in [-0.05, 0) is 113 Å². The van der Waals surface area contributed by atoms with Gasteiger partial charge in [0, 0.05) is 70.0 Å². The molecule has 0 saturated heterocycles. The number of hydrogen-bond acceptors (Lipinski definition) is 9. The second-order valence-corrected chi connectivity index (χ2v) is 15.1. The second kappa shape index (κ2) is 13.3. The zero-order chi connectivity index (χ0) is 38.0. The minimum absolute atomic E-state index is 0.492. The van der Waals surface area contributed by atoms with E-state index < -0.39 is 5.60 Å². The third-order valence-electron chi connectivity index (χ3n) is 10.9. The van der Waals surface area contributed by atoms with E-state index in [9.17, 15) is 5.11 Å². The Hall–Kier alpha value is -6.20. The molecule has 2 aliphatic carbocycles. The predicted molar refractivity (Wildman–Crippen MR) is 211 cm³/mol. The van der Waals surface area contributed by atoms with Crippen molar-refractivity contribution in [1.29, 1.82) is 0 Å². The average molecular weight is 731 g/mol. The van der Waals surface area contributed by atoms with Crippen LogP contribution in [0.25, 0.3) is 49.9 Å². The highest BCUT2D eigenvalue weighted by Crippen LogP contribution is 2.44. The Morgan fingerprint density at radius 3 is 1.80 bits per heavy atom. The van der Waals surface area contributed by atoms with Gasteiger partial charge in [0.15, 0.2) is 0 Å². The molecule has 10 rings (SSSR count). The smallest absolute Gasteiger partial charge is 0.141 e. The first-order valence-corrected chi connectivity index (χ1v) is 18.7. The lowest BCUT2D eigenvalue weighted by Crippen LogP contribution is -2.23. The SMILES string of the molecule is C=C(c1cccnc1)c1cc(-c2c(C)noc2C)cc2[nH]c(C3CC3)nc12.Cc1noc(C)c1-c1cc(C(C)(O)c2cccnc2)c2nc(C3CC3)[nH]c2c1. The zero-order valence-electron chi connectivity index (χ0n) is 31.6. The number of hydrogen-bond donors (Lipinski definition) is 3. The fourth-order valence-electron chi connectivity index (χ4n) is 7.56. The topological polar surface area (TPSA) is 155 Å². The Balaban J connectivity index is 0.000000144. The highest BCUT2D eigenvalue weighted by atomic mass is 16.5. The van der Waals surface area contributed by atoms with Gasteiger partial charge in [-0.15, -0.1) is 0 Å². The van der Waals surface area contributed by atoms with Crippen LogP contribution in [0.4, 0.5) is 0 Å². The van der Waals surface area contributed by atoms with Crippen LogP contribution >= 0.6 is 0 Å². The first-order chi connectivity index (χ1) is 26.6. The summed E-state index contributed by atoms with van der Waals surface area (Å²) in [7, 11) is 0. The number of pyridine rings is 2. The number of aliphatic hydroxyl groups is 1. The summed E-state index contributed by atoms with van der Waals surface area (Å²) in [6.07, 6.45) is 11.7. The monoisotopic (exact) mass is 730 g/mol. The maximum atomic E-state index is 11.5. The summed E-state index contributed by atoms with van der Waals surface area (Å²) in [4.78, 5) is 25.2. The van der Waals surface area contributed by atoms with Crippen molar-refractivity contribution in [2.45, 2.75) is 77.7 Å². The van der Waals surface area contributed by atoms with Crippen LogP contribution in [0.15, 0.2) is 88.9 Å². The highest BCUT2D eigenvalue weighted by Gasteiger charge is 2.33. The van der Waals surface area contributed by atoms with Gasteiger partial charge in [-0.3, -0.25) is 9.97 Å². The minimum atomic E-state index is -1.24. The molecule has 6 heterocycles. The molecular formula is C44H42N8O3. The Labute approximate surface area is 318 Å². The molecule has 55 heavy (non-hydrogen) atoms. The summed E-state index contributed by atoms with van der Waals surface area (Å²) >= 11 is 0. The van der Waals surface area contributed by atoms with Gasteiger partial charge in [0.05, 0.1) is 33.5 Å². The van der Waals surface area contributed by atoms with Crippen molar-refractivity contribution in [3.63, 3.8) is 0 Å². The Kier molecular flexibility index (Phi) is 8.34. The summed E-state index contributed by atoms with van der Waals surface area (Å²) in [5, 5.41) is 19.8. The lowest BCUT2D eigenvalue weighted by atomic mass is 9.86. The number of fused-ring (bicyclic) bond motifs is 2. The van der Waals surface area contributed by atoms with Crippen LogP contribution in [0, 0.1) is 27.7 Å². The molecule has 11 heteroatoms. The van der Waals surface area contributed by atoms with Crippen molar-refractivity contribution < 1.29 is 14.2 Å². The summed E-state index contributed by atoms with van der Waals surface area (Å²) in [6.45, 7) is 13.9.